The summed E-state index contributed by atoms with van der Waals surface area (Å²) in [6.45, 7) is 2.24. The summed E-state index contributed by atoms with van der Waals surface area (Å²) in [4.78, 5) is 0. The largest absolute Gasteiger partial charge is 0.311 e. The Morgan fingerprint density at radius 1 is 1.33 bits per heavy atom. The molecule has 1 aromatic carbocycles. The summed E-state index contributed by atoms with van der Waals surface area (Å²) in [6.07, 6.45) is 0.853. The molecule has 0 saturated carbocycles. The van der Waals surface area contributed by atoms with Crippen molar-refractivity contribution >= 4 is 15.9 Å². The van der Waals surface area contributed by atoms with Crippen LogP contribution in [0.5, 0.6) is 0 Å². The quantitative estimate of drug-likeness (QED) is 0.812. The van der Waals surface area contributed by atoms with E-state index in [0.717, 1.165) is 6.42 Å². The summed E-state index contributed by atoms with van der Waals surface area (Å²) in [6, 6.07) is 6.41. The van der Waals surface area contributed by atoms with Crippen molar-refractivity contribution in [1.29, 1.82) is 0 Å². The molecule has 1 N–H and O–H groups in total. The Morgan fingerprint density at radius 3 is 2.60 bits per heavy atom. The van der Waals surface area contributed by atoms with Crippen LogP contribution in [0.15, 0.2) is 28.7 Å². The van der Waals surface area contributed by atoms with Crippen molar-refractivity contribution in [3.8, 4) is 0 Å². The zero-order valence-electron chi connectivity index (χ0n) is 8.56. The van der Waals surface area contributed by atoms with Gasteiger partial charge in [0.15, 0.2) is 0 Å². The zero-order valence-corrected chi connectivity index (χ0v) is 10.2. The van der Waals surface area contributed by atoms with E-state index in [1.165, 1.54) is 6.07 Å². The van der Waals surface area contributed by atoms with Crippen molar-refractivity contribution in [3.05, 3.63) is 34.3 Å². The second-order valence-corrected chi connectivity index (χ2v) is 4.22. The third-order valence-electron chi connectivity index (χ3n) is 2.04. The van der Waals surface area contributed by atoms with Gasteiger partial charge in [0.05, 0.1) is 6.54 Å². The predicted molar refractivity (Wildman–Crippen MR) is 61.2 cm³/mol. The topological polar surface area (TPSA) is 12.0 Å². The molecule has 1 nitrogen and oxygen atoms in total. The Hall–Kier alpha value is -0.480. The van der Waals surface area contributed by atoms with Crippen LogP contribution in [0, 0.1) is 0 Å². The second-order valence-electron chi connectivity index (χ2n) is 3.36. The van der Waals surface area contributed by atoms with Gasteiger partial charge in [-0.15, -0.1) is 0 Å². The summed E-state index contributed by atoms with van der Waals surface area (Å²) >= 11 is 3.13. The molecule has 0 saturated heterocycles. The van der Waals surface area contributed by atoms with E-state index in [1.807, 2.05) is 6.92 Å². The highest BCUT2D eigenvalue weighted by Crippen LogP contribution is 2.32. The molecule has 0 heterocycles. The van der Waals surface area contributed by atoms with Crippen LogP contribution in [0.4, 0.5) is 8.78 Å². The highest BCUT2D eigenvalue weighted by atomic mass is 79.9. The highest BCUT2D eigenvalue weighted by molar-refractivity contribution is 9.10. The van der Waals surface area contributed by atoms with Gasteiger partial charge in [0.25, 0.3) is 5.92 Å². The summed E-state index contributed by atoms with van der Waals surface area (Å²) in [7, 11) is 0. The fourth-order valence-corrected chi connectivity index (χ4v) is 1.85. The Morgan fingerprint density at radius 2 is 2.00 bits per heavy atom. The number of alkyl halides is 2. The standard InChI is InChI=1S/C11H14BrF2N/c1-2-7-15-8-11(13,14)9-5-3-4-6-10(9)12/h3-6,15H,2,7-8H2,1H3. The number of rotatable bonds is 5. The molecule has 0 spiro atoms. The molecule has 4 heteroatoms. The number of nitrogens with one attached hydrogen (secondary N) is 1. The first-order valence-corrected chi connectivity index (χ1v) is 5.71. The van der Waals surface area contributed by atoms with E-state index in [9.17, 15) is 8.78 Å². The number of hydrogen-bond donors (Lipinski definition) is 1. The van der Waals surface area contributed by atoms with Gasteiger partial charge in [-0.05, 0) is 19.0 Å². The fourth-order valence-electron chi connectivity index (χ4n) is 1.28. The van der Waals surface area contributed by atoms with E-state index in [0.29, 0.717) is 11.0 Å². The predicted octanol–water partition coefficient (Wildman–Crippen LogP) is 3.54. The first kappa shape index (κ1) is 12.6. The molecule has 0 unspecified atom stereocenters. The molecule has 0 aliphatic heterocycles. The van der Waals surface area contributed by atoms with Crippen LogP contribution in [0.1, 0.15) is 18.9 Å². The third kappa shape index (κ3) is 3.54. The van der Waals surface area contributed by atoms with Crippen LogP contribution in [0.2, 0.25) is 0 Å². The van der Waals surface area contributed by atoms with Crippen LogP contribution < -0.4 is 5.32 Å². The molecular formula is C11H14BrF2N. The molecule has 0 fully saturated rings. The van der Waals surface area contributed by atoms with Crippen molar-refractivity contribution in [2.45, 2.75) is 19.3 Å². The first-order valence-electron chi connectivity index (χ1n) is 4.91. The molecule has 84 valence electrons. The van der Waals surface area contributed by atoms with Gasteiger partial charge in [0.1, 0.15) is 0 Å². The Balaban J connectivity index is 2.72. The van der Waals surface area contributed by atoms with Crippen molar-refractivity contribution < 1.29 is 8.78 Å². The smallest absolute Gasteiger partial charge is 0.286 e. The molecule has 0 aliphatic carbocycles. The summed E-state index contributed by atoms with van der Waals surface area (Å²) in [5.41, 5.74) is 0.0357. The van der Waals surface area contributed by atoms with Gasteiger partial charge in [-0.25, -0.2) is 0 Å². The van der Waals surface area contributed by atoms with Crippen LogP contribution in [0.3, 0.4) is 0 Å². The van der Waals surface area contributed by atoms with Crippen LogP contribution in [-0.4, -0.2) is 13.1 Å². The Kier molecular flexibility index (Phi) is 4.67. The van der Waals surface area contributed by atoms with Crippen molar-refractivity contribution in [2.75, 3.05) is 13.1 Å². The minimum absolute atomic E-state index is 0.0357. The molecule has 15 heavy (non-hydrogen) atoms. The molecule has 0 atom stereocenters. The fraction of sp³-hybridized carbons (Fsp3) is 0.455. The van der Waals surface area contributed by atoms with Gasteiger partial charge in [0, 0.05) is 10.0 Å². The van der Waals surface area contributed by atoms with Crippen LogP contribution >= 0.6 is 15.9 Å². The lowest BCUT2D eigenvalue weighted by Gasteiger charge is -2.18. The van der Waals surface area contributed by atoms with Gasteiger partial charge >= 0.3 is 0 Å². The molecule has 0 aromatic heterocycles. The summed E-state index contributed by atoms with van der Waals surface area (Å²) in [5, 5.41) is 2.73. The number of hydrogen-bond acceptors (Lipinski definition) is 1. The average molecular weight is 278 g/mol. The van der Waals surface area contributed by atoms with Gasteiger partial charge in [-0.3, -0.25) is 0 Å². The number of halogens is 3. The van der Waals surface area contributed by atoms with Gasteiger partial charge < -0.3 is 5.32 Å². The van der Waals surface area contributed by atoms with E-state index in [1.54, 1.807) is 18.2 Å². The van der Waals surface area contributed by atoms with Gasteiger partial charge in [-0.1, -0.05) is 41.1 Å². The monoisotopic (exact) mass is 277 g/mol. The molecule has 0 radical (unpaired) electrons. The lowest BCUT2D eigenvalue weighted by atomic mass is 10.1. The lowest BCUT2D eigenvalue weighted by Crippen LogP contribution is -2.31. The second kappa shape index (κ2) is 5.56. The molecule has 0 bridgehead atoms. The minimum Gasteiger partial charge on any atom is -0.311 e. The Labute approximate surface area is 97.0 Å². The lowest BCUT2D eigenvalue weighted by molar-refractivity contribution is -0.00363. The van der Waals surface area contributed by atoms with Crippen molar-refractivity contribution in [1.82, 2.24) is 5.32 Å². The van der Waals surface area contributed by atoms with E-state index in [2.05, 4.69) is 21.2 Å². The molecule has 0 amide bonds. The SMILES string of the molecule is CCCNCC(F)(F)c1ccccc1Br. The Bertz CT molecular complexity index is 315. The summed E-state index contributed by atoms with van der Waals surface area (Å²) in [5.74, 6) is -2.82. The van der Waals surface area contributed by atoms with Crippen molar-refractivity contribution in [2.24, 2.45) is 0 Å². The molecule has 1 rings (SSSR count). The zero-order chi connectivity index (χ0) is 11.3. The summed E-state index contributed by atoms with van der Waals surface area (Å²) < 4.78 is 27.7. The minimum atomic E-state index is -2.82. The van der Waals surface area contributed by atoms with E-state index in [4.69, 9.17) is 0 Å². The average Bonchev–Trinajstić information content (AvgIpc) is 2.18. The normalized spacial score (nSPS) is 11.7. The van der Waals surface area contributed by atoms with Gasteiger partial charge in [0.2, 0.25) is 0 Å². The van der Waals surface area contributed by atoms with Gasteiger partial charge in [-0.2, -0.15) is 8.78 Å². The highest BCUT2D eigenvalue weighted by Gasteiger charge is 2.32. The maximum absolute atomic E-state index is 13.6. The molecule has 0 aliphatic rings. The van der Waals surface area contributed by atoms with E-state index >= 15 is 0 Å². The first-order chi connectivity index (χ1) is 7.08. The third-order valence-corrected chi connectivity index (χ3v) is 2.73. The number of benzene rings is 1. The maximum Gasteiger partial charge on any atom is 0.286 e. The van der Waals surface area contributed by atoms with Crippen molar-refractivity contribution in [3.63, 3.8) is 0 Å². The van der Waals surface area contributed by atoms with Crippen LogP contribution in [-0.2, 0) is 5.92 Å². The molecular weight excluding hydrogens is 264 g/mol. The van der Waals surface area contributed by atoms with Crippen LogP contribution in [0.25, 0.3) is 0 Å². The molecule has 1 aromatic rings. The van der Waals surface area contributed by atoms with E-state index < -0.39 is 5.92 Å². The maximum atomic E-state index is 13.6. The van der Waals surface area contributed by atoms with E-state index in [-0.39, 0.29) is 12.1 Å².